The Labute approximate surface area is 66.7 Å². The molecule has 11 heavy (non-hydrogen) atoms. The van der Waals surface area contributed by atoms with Gasteiger partial charge in [0, 0.05) is 7.05 Å². The van der Waals surface area contributed by atoms with Crippen LogP contribution in [0.2, 0.25) is 0 Å². The van der Waals surface area contributed by atoms with Crippen molar-refractivity contribution >= 4 is 5.97 Å². The molecule has 0 spiro atoms. The van der Waals surface area contributed by atoms with Crippen LogP contribution < -0.4 is 5.32 Å². The molecule has 0 rings (SSSR count). The van der Waals surface area contributed by atoms with E-state index >= 15 is 0 Å². The monoisotopic (exact) mass is 155 g/mol. The molecular formula is C8H13NO2. The fraction of sp³-hybridized carbons (Fsp3) is 0.375. The molecule has 0 aromatic heterocycles. The fourth-order valence-corrected chi connectivity index (χ4v) is 0.556. The summed E-state index contributed by atoms with van der Waals surface area (Å²) in [6, 6.07) is 0. The van der Waals surface area contributed by atoms with Crippen molar-refractivity contribution in [1.29, 1.82) is 0 Å². The standard InChI is InChI=1S/C8H13NO2/c1-4-5-6-7(9-2)8(10)11-3/h4-6,9H,1-3H3/b5-4-,7-6-. The van der Waals surface area contributed by atoms with Crippen LogP contribution in [0, 0.1) is 0 Å². The molecule has 0 fully saturated rings. The van der Waals surface area contributed by atoms with Crippen molar-refractivity contribution in [2.75, 3.05) is 14.2 Å². The molecule has 0 saturated carbocycles. The average Bonchev–Trinajstić information content (AvgIpc) is 2.05. The molecule has 0 aliphatic carbocycles. The number of ether oxygens (including phenoxy) is 1. The van der Waals surface area contributed by atoms with Crippen LogP contribution in [-0.2, 0) is 9.53 Å². The molecular weight excluding hydrogens is 142 g/mol. The van der Waals surface area contributed by atoms with Crippen molar-refractivity contribution in [1.82, 2.24) is 5.32 Å². The minimum absolute atomic E-state index is 0.356. The van der Waals surface area contributed by atoms with Gasteiger partial charge in [-0.25, -0.2) is 4.79 Å². The molecule has 0 radical (unpaired) electrons. The van der Waals surface area contributed by atoms with E-state index in [1.165, 1.54) is 7.11 Å². The maximum absolute atomic E-state index is 10.9. The van der Waals surface area contributed by atoms with Gasteiger partial charge in [-0.3, -0.25) is 0 Å². The van der Waals surface area contributed by atoms with E-state index in [0.29, 0.717) is 5.70 Å². The summed E-state index contributed by atoms with van der Waals surface area (Å²) in [5.74, 6) is -0.356. The highest BCUT2D eigenvalue weighted by molar-refractivity contribution is 5.87. The van der Waals surface area contributed by atoms with Crippen LogP contribution >= 0.6 is 0 Å². The summed E-state index contributed by atoms with van der Waals surface area (Å²) in [5, 5.41) is 2.72. The Morgan fingerprint density at radius 3 is 2.55 bits per heavy atom. The van der Waals surface area contributed by atoms with Crippen molar-refractivity contribution in [2.45, 2.75) is 6.92 Å². The Balaban J connectivity index is 4.26. The summed E-state index contributed by atoms with van der Waals surface area (Å²) in [4.78, 5) is 10.9. The topological polar surface area (TPSA) is 38.3 Å². The number of rotatable bonds is 3. The first-order valence-corrected chi connectivity index (χ1v) is 3.35. The van der Waals surface area contributed by atoms with Crippen LogP contribution in [0.25, 0.3) is 0 Å². The van der Waals surface area contributed by atoms with Gasteiger partial charge in [0.05, 0.1) is 7.11 Å². The maximum Gasteiger partial charge on any atom is 0.354 e. The van der Waals surface area contributed by atoms with E-state index in [-0.39, 0.29) is 5.97 Å². The lowest BCUT2D eigenvalue weighted by molar-refractivity contribution is -0.136. The largest absolute Gasteiger partial charge is 0.464 e. The second-order valence-corrected chi connectivity index (χ2v) is 1.85. The summed E-state index contributed by atoms with van der Waals surface area (Å²) in [5.41, 5.74) is 0.450. The summed E-state index contributed by atoms with van der Waals surface area (Å²) in [7, 11) is 3.02. The summed E-state index contributed by atoms with van der Waals surface area (Å²) >= 11 is 0. The van der Waals surface area contributed by atoms with Crippen molar-refractivity contribution in [3.63, 3.8) is 0 Å². The number of likely N-dealkylation sites (N-methyl/N-ethyl adjacent to an activating group) is 1. The van der Waals surface area contributed by atoms with Crippen molar-refractivity contribution in [3.8, 4) is 0 Å². The SMILES string of the molecule is C/C=C\C=C(/NC)C(=O)OC. The summed E-state index contributed by atoms with van der Waals surface area (Å²) < 4.78 is 4.50. The third-order valence-corrected chi connectivity index (χ3v) is 1.13. The zero-order chi connectivity index (χ0) is 8.69. The molecule has 0 aromatic carbocycles. The van der Waals surface area contributed by atoms with E-state index in [2.05, 4.69) is 10.1 Å². The van der Waals surface area contributed by atoms with Gasteiger partial charge >= 0.3 is 5.97 Å². The third kappa shape index (κ3) is 3.45. The van der Waals surface area contributed by atoms with Crippen LogP contribution in [0.15, 0.2) is 23.9 Å². The molecule has 1 N–H and O–H groups in total. The van der Waals surface area contributed by atoms with Gasteiger partial charge in [0.2, 0.25) is 0 Å². The quantitative estimate of drug-likeness (QED) is 0.373. The Kier molecular flexibility index (Phi) is 4.90. The first-order valence-electron chi connectivity index (χ1n) is 3.35. The van der Waals surface area contributed by atoms with E-state index in [0.717, 1.165) is 0 Å². The van der Waals surface area contributed by atoms with Crippen molar-refractivity contribution in [3.05, 3.63) is 23.9 Å². The van der Waals surface area contributed by atoms with Gasteiger partial charge in [0.25, 0.3) is 0 Å². The molecule has 0 aliphatic rings. The van der Waals surface area contributed by atoms with Gasteiger partial charge < -0.3 is 10.1 Å². The van der Waals surface area contributed by atoms with E-state index in [9.17, 15) is 4.79 Å². The van der Waals surface area contributed by atoms with E-state index in [1.807, 2.05) is 13.0 Å². The average molecular weight is 155 g/mol. The second-order valence-electron chi connectivity index (χ2n) is 1.85. The van der Waals surface area contributed by atoms with E-state index < -0.39 is 0 Å². The molecule has 0 bridgehead atoms. The van der Waals surface area contributed by atoms with Crippen LogP contribution in [-0.4, -0.2) is 20.1 Å². The molecule has 62 valence electrons. The molecule has 3 heteroatoms. The number of hydrogen-bond acceptors (Lipinski definition) is 3. The molecule has 3 nitrogen and oxygen atoms in total. The van der Waals surface area contributed by atoms with Gasteiger partial charge in [-0.1, -0.05) is 12.2 Å². The van der Waals surface area contributed by atoms with Crippen LogP contribution in [0.4, 0.5) is 0 Å². The van der Waals surface area contributed by atoms with Crippen LogP contribution in [0.3, 0.4) is 0 Å². The number of esters is 1. The van der Waals surface area contributed by atoms with Gasteiger partial charge in [-0.15, -0.1) is 0 Å². The molecule has 0 unspecified atom stereocenters. The van der Waals surface area contributed by atoms with Gasteiger partial charge in [0.15, 0.2) is 0 Å². The minimum Gasteiger partial charge on any atom is -0.464 e. The lowest BCUT2D eigenvalue weighted by Crippen LogP contribution is -2.16. The second kappa shape index (κ2) is 5.53. The zero-order valence-corrected chi connectivity index (χ0v) is 7.05. The molecule has 0 saturated heterocycles. The lowest BCUT2D eigenvalue weighted by atomic mass is 10.3. The van der Waals surface area contributed by atoms with E-state index in [1.54, 1.807) is 19.2 Å². The molecule has 0 atom stereocenters. The number of methoxy groups -OCH3 is 1. The zero-order valence-electron chi connectivity index (χ0n) is 7.05. The Morgan fingerprint density at radius 1 is 1.55 bits per heavy atom. The predicted octanol–water partition coefficient (Wildman–Crippen LogP) is 0.839. The lowest BCUT2D eigenvalue weighted by Gasteiger charge is -2.01. The fourth-order valence-electron chi connectivity index (χ4n) is 0.556. The first-order chi connectivity index (χ1) is 5.26. The highest BCUT2D eigenvalue weighted by Crippen LogP contribution is 1.91. The van der Waals surface area contributed by atoms with Gasteiger partial charge in [0.1, 0.15) is 5.70 Å². The van der Waals surface area contributed by atoms with Gasteiger partial charge in [-0.2, -0.15) is 0 Å². The van der Waals surface area contributed by atoms with E-state index in [4.69, 9.17) is 0 Å². The Bertz CT molecular complexity index is 183. The van der Waals surface area contributed by atoms with Crippen LogP contribution in [0.1, 0.15) is 6.92 Å². The van der Waals surface area contributed by atoms with Crippen molar-refractivity contribution < 1.29 is 9.53 Å². The smallest absolute Gasteiger partial charge is 0.354 e. The number of hydrogen-bond donors (Lipinski definition) is 1. The van der Waals surface area contributed by atoms with Crippen molar-refractivity contribution in [2.24, 2.45) is 0 Å². The maximum atomic E-state index is 10.9. The number of carbonyl (C=O) groups is 1. The molecule has 0 aliphatic heterocycles. The van der Waals surface area contributed by atoms with Gasteiger partial charge in [-0.05, 0) is 13.0 Å². The highest BCUT2D eigenvalue weighted by atomic mass is 16.5. The Morgan fingerprint density at radius 2 is 2.18 bits per heavy atom. The highest BCUT2D eigenvalue weighted by Gasteiger charge is 2.03. The third-order valence-electron chi connectivity index (χ3n) is 1.13. The predicted molar refractivity (Wildman–Crippen MR) is 44.0 cm³/mol. The summed E-state index contributed by atoms with van der Waals surface area (Å²) in [6.45, 7) is 1.88. The minimum atomic E-state index is -0.356. The summed E-state index contributed by atoms with van der Waals surface area (Å²) in [6.07, 6.45) is 5.26. The molecule has 0 aromatic rings. The number of allylic oxidation sites excluding steroid dienone is 3. The number of carbonyl (C=O) groups excluding carboxylic acids is 1. The Hall–Kier alpha value is -1.25. The molecule has 0 heterocycles. The molecule has 0 amide bonds. The number of nitrogens with one attached hydrogen (secondary N) is 1. The first kappa shape index (κ1) is 9.75. The normalized spacial score (nSPS) is 11.7. The van der Waals surface area contributed by atoms with Crippen LogP contribution in [0.5, 0.6) is 0 Å².